The van der Waals surface area contributed by atoms with Gasteiger partial charge in [0.2, 0.25) is 0 Å². The topological polar surface area (TPSA) is 60.5 Å². The van der Waals surface area contributed by atoms with E-state index < -0.39 is 0 Å². The van der Waals surface area contributed by atoms with Crippen molar-refractivity contribution >= 4 is 33.0 Å². The van der Waals surface area contributed by atoms with Crippen LogP contribution in [0.15, 0.2) is 186 Å². The van der Waals surface area contributed by atoms with Crippen LogP contribution in [-0.2, 0) is 0 Å². The van der Waals surface area contributed by atoms with Crippen molar-refractivity contribution in [1.29, 1.82) is 0 Å². The molecule has 4 N–H and O–H groups in total. The molecular weight excluding hydrogens is 659 g/mol. The smallest absolute Gasteiger partial charge is 0.132 e. The number of hydrogen-bond acceptors (Lipinski definition) is 5. The van der Waals surface area contributed by atoms with Gasteiger partial charge in [-0.05, 0) is 86.7 Å². The summed E-state index contributed by atoms with van der Waals surface area (Å²) in [5.74, 6) is 0.897. The summed E-state index contributed by atoms with van der Waals surface area (Å²) in [6, 6.07) is 50.5. The Morgan fingerprint density at radius 3 is 2.13 bits per heavy atom. The fourth-order valence-corrected chi connectivity index (χ4v) is 8.67. The summed E-state index contributed by atoms with van der Waals surface area (Å²) in [5.41, 5.74) is 11.2. The molecule has 10 rings (SSSR count). The van der Waals surface area contributed by atoms with E-state index in [4.69, 9.17) is 4.99 Å². The van der Waals surface area contributed by atoms with Gasteiger partial charge in [-0.1, -0.05) is 158 Å². The van der Waals surface area contributed by atoms with Gasteiger partial charge in [0, 0.05) is 11.3 Å². The first kappa shape index (κ1) is 32.5. The van der Waals surface area contributed by atoms with Crippen LogP contribution in [0.25, 0.3) is 27.1 Å². The van der Waals surface area contributed by atoms with Crippen molar-refractivity contribution in [3.63, 3.8) is 0 Å². The summed E-state index contributed by atoms with van der Waals surface area (Å²) in [5, 5.41) is 20.5. The second kappa shape index (κ2) is 14.0. The molecule has 2 heterocycles. The summed E-state index contributed by atoms with van der Waals surface area (Å²) in [6.07, 6.45) is 13.2. The average molecular weight is 702 g/mol. The molecule has 0 aromatic heterocycles. The summed E-state index contributed by atoms with van der Waals surface area (Å²) in [4.78, 5) is 5.35. The Hall–Kier alpha value is -6.17. The van der Waals surface area contributed by atoms with E-state index in [2.05, 4.69) is 185 Å². The van der Waals surface area contributed by atoms with Gasteiger partial charge in [-0.3, -0.25) is 5.32 Å². The number of fused-ring (bicyclic) bond motifs is 2. The minimum atomic E-state index is -0.232. The average Bonchev–Trinajstić information content (AvgIpc) is 3.26. The van der Waals surface area contributed by atoms with Crippen LogP contribution in [0.5, 0.6) is 0 Å². The molecular formula is C49H43N5. The van der Waals surface area contributed by atoms with Crippen LogP contribution in [0, 0.1) is 0 Å². The third-order valence-corrected chi connectivity index (χ3v) is 11.4. The minimum absolute atomic E-state index is 0.134. The SMILES string of the molecule is C1=CC(C2NC3=C(CCC(c4ccc(C5N=C(c6cccc7ccccc67)NC(c6cccc7ccccc67)N5)cc4)=C3)NC2c2ccccc2)=CCC1. The largest absolute Gasteiger partial charge is 0.377 e. The van der Waals surface area contributed by atoms with E-state index in [0.29, 0.717) is 0 Å². The maximum absolute atomic E-state index is 5.35. The van der Waals surface area contributed by atoms with Crippen LogP contribution >= 0.6 is 0 Å². The Balaban J connectivity index is 0.976. The zero-order valence-corrected chi connectivity index (χ0v) is 30.2. The molecule has 0 saturated heterocycles. The third-order valence-electron chi connectivity index (χ3n) is 11.4. The van der Waals surface area contributed by atoms with Crippen LogP contribution in [0.1, 0.15) is 71.9 Å². The van der Waals surface area contributed by atoms with Gasteiger partial charge in [0.15, 0.2) is 0 Å². The van der Waals surface area contributed by atoms with Gasteiger partial charge in [-0.15, -0.1) is 0 Å². The van der Waals surface area contributed by atoms with Crippen LogP contribution in [0.4, 0.5) is 0 Å². The molecule has 0 saturated carbocycles. The summed E-state index contributed by atoms with van der Waals surface area (Å²) >= 11 is 0. The van der Waals surface area contributed by atoms with Gasteiger partial charge in [0.05, 0.1) is 17.8 Å². The van der Waals surface area contributed by atoms with E-state index in [1.807, 2.05) is 0 Å². The van der Waals surface area contributed by atoms with Crippen LogP contribution in [0.2, 0.25) is 0 Å². The standard InChI is InChI=1S/C49H43N5/c1-3-15-35(16-4-1)45-46(36-17-5-2-6-18-36)51-44-31-38(29-30-43(44)50-45)32-25-27-37(28-26-32)47-52-48(41-23-11-19-33-13-7-9-21-39(33)41)54-49(53-47)42-24-12-20-34-14-8-10-22-40(34)42/h1,3-5,7-28,31,45-48,50-52H,2,6,29-30H2,(H,53,54). The molecule has 0 amide bonds. The van der Waals surface area contributed by atoms with E-state index in [1.54, 1.807) is 0 Å². The fourth-order valence-electron chi connectivity index (χ4n) is 8.67. The number of nitrogens with one attached hydrogen (secondary N) is 4. The van der Waals surface area contributed by atoms with E-state index in [0.717, 1.165) is 42.6 Å². The predicted octanol–water partition coefficient (Wildman–Crippen LogP) is 10.3. The zero-order chi connectivity index (χ0) is 35.8. The van der Waals surface area contributed by atoms with Crippen molar-refractivity contribution in [3.8, 4) is 0 Å². The quantitative estimate of drug-likeness (QED) is 0.140. The summed E-state index contributed by atoms with van der Waals surface area (Å²) in [6.45, 7) is 0. The van der Waals surface area contributed by atoms with Crippen molar-refractivity contribution in [2.24, 2.45) is 4.99 Å². The van der Waals surface area contributed by atoms with E-state index in [1.165, 1.54) is 60.8 Å². The number of hydrogen-bond donors (Lipinski definition) is 4. The first-order valence-corrected chi connectivity index (χ1v) is 19.3. The van der Waals surface area contributed by atoms with Crippen LogP contribution in [-0.4, -0.2) is 11.9 Å². The second-order valence-electron chi connectivity index (χ2n) is 14.7. The maximum Gasteiger partial charge on any atom is 0.132 e. The number of rotatable bonds is 6. The first-order valence-electron chi connectivity index (χ1n) is 19.3. The van der Waals surface area contributed by atoms with Crippen molar-refractivity contribution in [1.82, 2.24) is 21.3 Å². The molecule has 0 fully saturated rings. The highest BCUT2D eigenvalue weighted by molar-refractivity contribution is 6.10. The van der Waals surface area contributed by atoms with Gasteiger partial charge in [-0.2, -0.15) is 0 Å². The molecule has 5 nitrogen and oxygen atoms in total. The Kier molecular flexibility index (Phi) is 8.42. The summed E-state index contributed by atoms with van der Waals surface area (Å²) in [7, 11) is 0. The van der Waals surface area contributed by atoms with Gasteiger partial charge < -0.3 is 16.0 Å². The maximum atomic E-state index is 5.35. The molecule has 54 heavy (non-hydrogen) atoms. The molecule has 4 aliphatic rings. The minimum Gasteiger partial charge on any atom is -0.377 e. The number of allylic oxidation sites excluding steroid dienone is 5. The number of benzene rings is 6. The highest BCUT2D eigenvalue weighted by Gasteiger charge is 2.33. The van der Waals surface area contributed by atoms with Crippen molar-refractivity contribution in [2.75, 3.05) is 0 Å². The molecule has 2 aliphatic carbocycles. The molecule has 6 aromatic carbocycles. The number of aliphatic imine (C=N–C) groups is 1. The normalized spacial score (nSPS) is 22.3. The van der Waals surface area contributed by atoms with Gasteiger partial charge >= 0.3 is 0 Å². The highest BCUT2D eigenvalue weighted by Crippen LogP contribution is 2.37. The Morgan fingerprint density at radius 1 is 0.574 bits per heavy atom. The van der Waals surface area contributed by atoms with Gasteiger partial charge in [0.1, 0.15) is 18.2 Å². The highest BCUT2D eigenvalue weighted by atomic mass is 15.3. The van der Waals surface area contributed by atoms with E-state index >= 15 is 0 Å². The Labute approximate surface area is 316 Å². The molecule has 4 unspecified atom stereocenters. The molecule has 4 atom stereocenters. The summed E-state index contributed by atoms with van der Waals surface area (Å²) < 4.78 is 0. The van der Waals surface area contributed by atoms with Crippen molar-refractivity contribution in [3.05, 3.63) is 209 Å². The van der Waals surface area contributed by atoms with Gasteiger partial charge in [0.25, 0.3) is 0 Å². The lowest BCUT2D eigenvalue weighted by Gasteiger charge is -2.40. The molecule has 6 aromatic rings. The van der Waals surface area contributed by atoms with Crippen molar-refractivity contribution in [2.45, 2.75) is 50.1 Å². The van der Waals surface area contributed by atoms with Crippen LogP contribution < -0.4 is 21.3 Å². The van der Waals surface area contributed by atoms with Crippen LogP contribution in [0.3, 0.4) is 0 Å². The lowest BCUT2D eigenvalue weighted by molar-refractivity contribution is 0.411. The molecule has 0 radical (unpaired) electrons. The third kappa shape index (κ3) is 6.10. The van der Waals surface area contributed by atoms with Crippen molar-refractivity contribution < 1.29 is 0 Å². The van der Waals surface area contributed by atoms with E-state index in [-0.39, 0.29) is 24.4 Å². The molecule has 0 bridgehead atoms. The fraction of sp³-hybridized carbons (Fsp3) is 0.163. The lowest BCUT2D eigenvalue weighted by atomic mass is 9.85. The number of nitrogens with zero attached hydrogens (tertiary/aromatic N) is 1. The Bertz CT molecular complexity index is 2510. The Morgan fingerprint density at radius 2 is 1.31 bits per heavy atom. The zero-order valence-electron chi connectivity index (χ0n) is 30.2. The van der Waals surface area contributed by atoms with E-state index in [9.17, 15) is 0 Å². The first-order chi connectivity index (χ1) is 26.7. The molecule has 0 spiro atoms. The van der Waals surface area contributed by atoms with Gasteiger partial charge in [-0.25, -0.2) is 4.99 Å². The molecule has 264 valence electrons. The molecule has 5 heteroatoms. The second-order valence-corrected chi connectivity index (χ2v) is 14.7. The monoisotopic (exact) mass is 701 g/mol. The number of amidine groups is 1. The predicted molar refractivity (Wildman–Crippen MR) is 223 cm³/mol. The molecule has 2 aliphatic heterocycles. The lowest BCUT2D eigenvalue weighted by Crippen LogP contribution is -2.48.